The lowest BCUT2D eigenvalue weighted by atomic mass is 9.98. The Kier molecular flexibility index (Phi) is 5.23. The number of amides is 1. The second kappa shape index (κ2) is 7.44. The van der Waals surface area contributed by atoms with Gasteiger partial charge in [0, 0.05) is 12.2 Å². The maximum Gasteiger partial charge on any atom is 0.338 e. The summed E-state index contributed by atoms with van der Waals surface area (Å²) in [4.78, 5) is 23.7. The molecule has 2 aromatic rings. The highest BCUT2D eigenvalue weighted by Gasteiger charge is 2.57. The van der Waals surface area contributed by atoms with Gasteiger partial charge in [0.15, 0.2) is 5.72 Å². The fraction of sp³-hybridized carbons (Fsp3) is 0.300. The molecule has 1 N–H and O–H groups in total. The molecule has 142 valence electrons. The summed E-state index contributed by atoms with van der Waals surface area (Å²) < 4.78 is 38.2. The molecule has 0 radical (unpaired) electrons. The Morgan fingerprint density at radius 1 is 1.11 bits per heavy atom. The van der Waals surface area contributed by atoms with Gasteiger partial charge in [-0.25, -0.2) is 4.79 Å². The van der Waals surface area contributed by atoms with Crippen molar-refractivity contribution in [1.82, 2.24) is 5.32 Å². The van der Waals surface area contributed by atoms with Gasteiger partial charge in [-0.2, -0.15) is 8.78 Å². The van der Waals surface area contributed by atoms with E-state index in [1.165, 1.54) is 24.3 Å². The van der Waals surface area contributed by atoms with E-state index >= 15 is 0 Å². The Morgan fingerprint density at radius 3 is 2.33 bits per heavy atom. The van der Waals surface area contributed by atoms with E-state index in [-0.39, 0.29) is 18.8 Å². The van der Waals surface area contributed by atoms with E-state index in [1.54, 1.807) is 6.92 Å². The first-order valence-corrected chi connectivity index (χ1v) is 8.52. The highest BCUT2D eigenvalue weighted by Crippen LogP contribution is 2.41. The van der Waals surface area contributed by atoms with Crippen LogP contribution in [0.4, 0.5) is 8.78 Å². The molecule has 1 aliphatic rings. The molecule has 1 heterocycles. The second-order valence-electron chi connectivity index (χ2n) is 6.23. The van der Waals surface area contributed by atoms with Gasteiger partial charge in [0.1, 0.15) is 6.61 Å². The van der Waals surface area contributed by atoms with Crippen LogP contribution in [0.2, 0.25) is 0 Å². The Bertz CT molecular complexity index is 824. The molecule has 1 aliphatic heterocycles. The number of nitrogens with one attached hydrogen (secondary N) is 1. The lowest BCUT2D eigenvalue weighted by molar-refractivity contribution is -0.139. The summed E-state index contributed by atoms with van der Waals surface area (Å²) in [5.41, 5.74) is -0.137. The zero-order valence-electron chi connectivity index (χ0n) is 14.7. The van der Waals surface area contributed by atoms with Crippen LogP contribution in [0.5, 0.6) is 0 Å². The molecule has 3 rings (SSSR count). The van der Waals surface area contributed by atoms with E-state index in [0.29, 0.717) is 5.56 Å². The van der Waals surface area contributed by atoms with Gasteiger partial charge in [-0.3, -0.25) is 4.79 Å². The first-order chi connectivity index (χ1) is 12.9. The normalized spacial score (nSPS) is 20.9. The third kappa shape index (κ3) is 3.98. The molecule has 0 bridgehead atoms. The van der Waals surface area contributed by atoms with Gasteiger partial charge in [0.2, 0.25) is 0 Å². The molecule has 1 unspecified atom stereocenters. The molecule has 27 heavy (non-hydrogen) atoms. The SMILES string of the molecule is CCOC1(c2ccc(C(=O)OCc3ccccc3)cc2)CC(F)(F)C(=O)N1. The van der Waals surface area contributed by atoms with Crippen LogP contribution in [0.15, 0.2) is 54.6 Å². The van der Waals surface area contributed by atoms with Crippen molar-refractivity contribution in [2.24, 2.45) is 0 Å². The topological polar surface area (TPSA) is 64.6 Å². The zero-order valence-corrected chi connectivity index (χ0v) is 14.7. The van der Waals surface area contributed by atoms with Crippen molar-refractivity contribution in [3.63, 3.8) is 0 Å². The minimum Gasteiger partial charge on any atom is -0.457 e. The quantitative estimate of drug-likeness (QED) is 0.786. The zero-order chi connectivity index (χ0) is 19.5. The summed E-state index contributed by atoms with van der Waals surface area (Å²) in [6, 6.07) is 15.1. The molecule has 5 nitrogen and oxygen atoms in total. The van der Waals surface area contributed by atoms with Crippen LogP contribution in [0.3, 0.4) is 0 Å². The van der Waals surface area contributed by atoms with Crippen molar-refractivity contribution in [2.45, 2.75) is 31.6 Å². The van der Waals surface area contributed by atoms with Crippen LogP contribution >= 0.6 is 0 Å². The maximum atomic E-state index is 13.7. The maximum absolute atomic E-state index is 13.7. The molecule has 2 aromatic carbocycles. The van der Waals surface area contributed by atoms with Gasteiger partial charge in [-0.05, 0) is 24.6 Å². The molecule has 0 saturated carbocycles. The van der Waals surface area contributed by atoms with Gasteiger partial charge >= 0.3 is 11.9 Å². The van der Waals surface area contributed by atoms with Gasteiger partial charge < -0.3 is 14.8 Å². The van der Waals surface area contributed by atoms with E-state index in [9.17, 15) is 18.4 Å². The number of carbonyl (C=O) groups is 2. The van der Waals surface area contributed by atoms with Crippen molar-refractivity contribution in [1.29, 1.82) is 0 Å². The molecule has 1 fully saturated rings. The van der Waals surface area contributed by atoms with Crippen molar-refractivity contribution in [3.05, 3.63) is 71.3 Å². The number of rotatable bonds is 6. The number of alkyl halides is 2. The van der Waals surface area contributed by atoms with Crippen LogP contribution in [0.25, 0.3) is 0 Å². The lowest BCUT2D eigenvalue weighted by Gasteiger charge is -2.29. The summed E-state index contributed by atoms with van der Waals surface area (Å²) in [5, 5.41) is 2.24. The smallest absolute Gasteiger partial charge is 0.338 e. The van der Waals surface area contributed by atoms with Crippen molar-refractivity contribution >= 4 is 11.9 Å². The average molecular weight is 375 g/mol. The minimum atomic E-state index is -3.51. The fourth-order valence-corrected chi connectivity index (χ4v) is 2.99. The van der Waals surface area contributed by atoms with Crippen molar-refractivity contribution < 1.29 is 27.8 Å². The molecule has 0 spiro atoms. The molecule has 1 atom stereocenters. The number of hydrogen-bond donors (Lipinski definition) is 1. The monoisotopic (exact) mass is 375 g/mol. The lowest BCUT2D eigenvalue weighted by Crippen LogP contribution is -2.41. The predicted octanol–water partition coefficient (Wildman–Crippen LogP) is 3.39. The van der Waals surface area contributed by atoms with Crippen LogP contribution < -0.4 is 5.32 Å². The summed E-state index contributed by atoms with van der Waals surface area (Å²) in [7, 11) is 0. The largest absolute Gasteiger partial charge is 0.457 e. The Labute approximate surface area is 155 Å². The number of esters is 1. The van der Waals surface area contributed by atoms with Gasteiger partial charge in [0.05, 0.1) is 12.0 Å². The minimum absolute atomic E-state index is 0.132. The van der Waals surface area contributed by atoms with Crippen LogP contribution in [0, 0.1) is 0 Å². The second-order valence-corrected chi connectivity index (χ2v) is 6.23. The van der Waals surface area contributed by atoms with Crippen LogP contribution in [-0.4, -0.2) is 24.4 Å². The highest BCUT2D eigenvalue weighted by molar-refractivity contribution is 5.89. The van der Waals surface area contributed by atoms with Crippen molar-refractivity contribution in [2.75, 3.05) is 6.61 Å². The molecular formula is C20H19F2NO4. The molecule has 1 amide bonds. The Balaban J connectivity index is 1.73. The Hall–Kier alpha value is -2.80. The predicted molar refractivity (Wildman–Crippen MR) is 93.0 cm³/mol. The van der Waals surface area contributed by atoms with E-state index in [0.717, 1.165) is 5.56 Å². The average Bonchev–Trinajstić information content (AvgIpc) is 2.90. The summed E-state index contributed by atoms with van der Waals surface area (Å²) in [6.07, 6.45) is -0.801. The summed E-state index contributed by atoms with van der Waals surface area (Å²) >= 11 is 0. The van der Waals surface area contributed by atoms with Crippen molar-refractivity contribution in [3.8, 4) is 0 Å². The third-order valence-corrected chi connectivity index (χ3v) is 4.31. The van der Waals surface area contributed by atoms with E-state index in [1.807, 2.05) is 30.3 Å². The standard InChI is InChI=1S/C20H19F2NO4/c1-2-27-20(13-19(21,22)18(25)23-20)16-10-8-15(9-11-16)17(24)26-12-14-6-4-3-5-7-14/h3-11H,2,12-13H2,1H3,(H,23,25). The summed E-state index contributed by atoms with van der Waals surface area (Å²) in [5.74, 6) is -5.42. The number of halogens is 2. The van der Waals surface area contributed by atoms with Gasteiger partial charge in [0.25, 0.3) is 5.91 Å². The molecule has 0 aromatic heterocycles. The fourth-order valence-electron chi connectivity index (χ4n) is 2.99. The first-order valence-electron chi connectivity index (χ1n) is 8.52. The molecule has 7 heteroatoms. The van der Waals surface area contributed by atoms with Gasteiger partial charge in [-0.1, -0.05) is 42.5 Å². The molecule has 1 saturated heterocycles. The molecule has 0 aliphatic carbocycles. The van der Waals surface area contributed by atoms with Gasteiger partial charge in [-0.15, -0.1) is 0 Å². The molecular weight excluding hydrogens is 356 g/mol. The number of carbonyl (C=O) groups excluding carboxylic acids is 2. The first kappa shape index (κ1) is 19.0. The van der Waals surface area contributed by atoms with E-state index in [2.05, 4.69) is 5.32 Å². The van der Waals surface area contributed by atoms with Crippen LogP contribution in [0.1, 0.15) is 34.8 Å². The number of ether oxygens (including phenoxy) is 2. The third-order valence-electron chi connectivity index (χ3n) is 4.31. The van der Waals surface area contributed by atoms with Crippen LogP contribution in [-0.2, 0) is 26.6 Å². The van der Waals surface area contributed by atoms with E-state index < -0.39 is 29.9 Å². The highest BCUT2D eigenvalue weighted by atomic mass is 19.3. The number of benzene rings is 2. The van der Waals surface area contributed by atoms with E-state index in [4.69, 9.17) is 9.47 Å². The number of hydrogen-bond acceptors (Lipinski definition) is 4. The Morgan fingerprint density at radius 2 is 1.78 bits per heavy atom. The summed E-state index contributed by atoms with van der Waals surface area (Å²) in [6.45, 7) is 1.92.